The summed E-state index contributed by atoms with van der Waals surface area (Å²) in [7, 11) is 0. The Morgan fingerprint density at radius 2 is 1.26 bits per heavy atom. The van der Waals surface area contributed by atoms with Gasteiger partial charge in [0.15, 0.2) is 11.6 Å². The number of fused-ring (bicyclic) bond motifs is 5. The van der Waals surface area contributed by atoms with Crippen LogP contribution >= 0.6 is 0 Å². The van der Waals surface area contributed by atoms with E-state index in [1.165, 1.54) is 29.7 Å². The molecule has 0 aromatic heterocycles. The van der Waals surface area contributed by atoms with E-state index in [2.05, 4.69) is 26.0 Å². The second-order valence-corrected chi connectivity index (χ2v) is 6.51. The second kappa shape index (κ2) is 3.56. The van der Waals surface area contributed by atoms with Crippen LogP contribution in [0.4, 0.5) is 0 Å². The number of carbonyl (C=O) groups is 2. The van der Waals surface area contributed by atoms with Gasteiger partial charge in [-0.2, -0.15) is 0 Å². The Kier molecular flexibility index (Phi) is 2.13. The van der Waals surface area contributed by atoms with Gasteiger partial charge in [-0.25, -0.2) is 0 Å². The van der Waals surface area contributed by atoms with Crippen molar-refractivity contribution in [3.8, 4) is 0 Å². The smallest absolute Gasteiger partial charge is 0.160 e. The van der Waals surface area contributed by atoms with E-state index < -0.39 is 0 Å². The van der Waals surface area contributed by atoms with Gasteiger partial charge in [-0.15, -0.1) is 0 Å². The molecule has 0 fully saturated rings. The van der Waals surface area contributed by atoms with E-state index in [1.807, 2.05) is 0 Å². The van der Waals surface area contributed by atoms with E-state index in [1.54, 1.807) is 0 Å². The van der Waals surface area contributed by atoms with Crippen molar-refractivity contribution in [2.75, 3.05) is 0 Å². The summed E-state index contributed by atoms with van der Waals surface area (Å²) in [4.78, 5) is 24.5. The Morgan fingerprint density at radius 1 is 0.842 bits per heavy atom. The molecule has 0 spiro atoms. The summed E-state index contributed by atoms with van der Waals surface area (Å²) < 4.78 is 0. The highest BCUT2D eigenvalue weighted by molar-refractivity contribution is 6.08. The van der Waals surface area contributed by atoms with Crippen LogP contribution < -0.4 is 0 Å². The summed E-state index contributed by atoms with van der Waals surface area (Å²) in [6.07, 6.45) is 8.78. The quantitative estimate of drug-likeness (QED) is 0.623. The summed E-state index contributed by atoms with van der Waals surface area (Å²) in [6.45, 7) is 4.30. The molecule has 0 heterocycles. The minimum atomic E-state index is -0.112. The van der Waals surface area contributed by atoms with Crippen LogP contribution in [0.15, 0.2) is 35.5 Å². The van der Waals surface area contributed by atoms with Crippen LogP contribution in [0.5, 0.6) is 0 Å². The summed E-state index contributed by atoms with van der Waals surface area (Å²) in [5.41, 5.74) is 2.97. The fraction of sp³-hybridized carbons (Fsp3) is 0.529. The van der Waals surface area contributed by atoms with Crippen molar-refractivity contribution in [2.24, 2.45) is 35.5 Å². The highest BCUT2D eigenvalue weighted by atomic mass is 16.1. The van der Waals surface area contributed by atoms with Crippen molar-refractivity contribution in [3.05, 3.63) is 35.5 Å². The predicted octanol–water partition coefficient (Wildman–Crippen LogP) is 2.72. The minimum absolute atomic E-state index is 0.112. The molecule has 4 aliphatic carbocycles. The fourth-order valence-corrected chi connectivity index (χ4v) is 5.03. The first-order valence-corrected chi connectivity index (χ1v) is 7.27. The number of allylic oxidation sites excluding steroid dienone is 6. The number of carbonyl (C=O) groups excluding carboxylic acids is 2. The molecule has 0 amide bonds. The Balaban J connectivity index is 1.86. The number of hydrogen-bond acceptors (Lipinski definition) is 2. The van der Waals surface area contributed by atoms with Crippen LogP contribution in [-0.2, 0) is 9.59 Å². The van der Waals surface area contributed by atoms with E-state index in [0.717, 1.165) is 0 Å². The third kappa shape index (κ3) is 1.27. The maximum atomic E-state index is 12.2. The molecule has 6 atom stereocenters. The van der Waals surface area contributed by atoms with E-state index in [-0.39, 0.29) is 35.2 Å². The second-order valence-electron chi connectivity index (χ2n) is 6.51. The molecule has 0 saturated heterocycles. The molecule has 0 aromatic carbocycles. The van der Waals surface area contributed by atoms with Gasteiger partial charge in [0.25, 0.3) is 0 Å². The lowest BCUT2D eigenvalue weighted by molar-refractivity contribution is -0.132. The fourth-order valence-electron chi connectivity index (χ4n) is 5.03. The predicted molar refractivity (Wildman–Crippen MR) is 72.2 cm³/mol. The zero-order valence-electron chi connectivity index (χ0n) is 11.3. The lowest BCUT2D eigenvalue weighted by Gasteiger charge is -2.43. The average molecular weight is 254 g/mol. The standard InChI is InChI=1S/C17H18O2/c1-8-14-10-3-4-11(7-10)15(14)9(2)17-13(19)6-5-12(18)16(8)17/h3-6,8-11,16-17H,7H2,1-2H3. The summed E-state index contributed by atoms with van der Waals surface area (Å²) in [6, 6.07) is 0. The van der Waals surface area contributed by atoms with Crippen molar-refractivity contribution in [1.29, 1.82) is 0 Å². The first kappa shape index (κ1) is 11.4. The molecule has 2 nitrogen and oxygen atoms in total. The van der Waals surface area contributed by atoms with Gasteiger partial charge < -0.3 is 0 Å². The van der Waals surface area contributed by atoms with Gasteiger partial charge in [0.1, 0.15) is 0 Å². The van der Waals surface area contributed by atoms with Crippen LogP contribution in [0.3, 0.4) is 0 Å². The molecule has 0 aromatic rings. The first-order valence-electron chi connectivity index (χ1n) is 7.27. The monoisotopic (exact) mass is 254 g/mol. The SMILES string of the molecule is CC1C2=C(C3C=CC2C3)C(C)C2C(=O)C=CC(=O)C12. The van der Waals surface area contributed by atoms with Crippen LogP contribution in [0.25, 0.3) is 0 Å². The third-order valence-electron chi connectivity index (χ3n) is 5.73. The Bertz CT molecular complexity index is 530. The van der Waals surface area contributed by atoms with Gasteiger partial charge in [-0.3, -0.25) is 9.59 Å². The third-order valence-corrected chi connectivity index (χ3v) is 5.73. The van der Waals surface area contributed by atoms with Crippen molar-refractivity contribution in [2.45, 2.75) is 20.3 Å². The maximum Gasteiger partial charge on any atom is 0.160 e. The largest absolute Gasteiger partial charge is 0.294 e. The van der Waals surface area contributed by atoms with Crippen molar-refractivity contribution >= 4 is 11.6 Å². The summed E-state index contributed by atoms with van der Waals surface area (Å²) >= 11 is 0. The lowest BCUT2D eigenvalue weighted by atomic mass is 9.59. The van der Waals surface area contributed by atoms with E-state index >= 15 is 0 Å². The molecule has 6 unspecified atom stereocenters. The zero-order valence-corrected chi connectivity index (χ0v) is 11.3. The molecular weight excluding hydrogens is 236 g/mol. The number of ketones is 2. The van der Waals surface area contributed by atoms with Gasteiger partial charge >= 0.3 is 0 Å². The van der Waals surface area contributed by atoms with Gasteiger partial charge in [-0.05, 0) is 42.2 Å². The highest BCUT2D eigenvalue weighted by Gasteiger charge is 2.52. The highest BCUT2D eigenvalue weighted by Crippen LogP contribution is 2.57. The van der Waals surface area contributed by atoms with Crippen molar-refractivity contribution in [3.63, 3.8) is 0 Å². The van der Waals surface area contributed by atoms with Gasteiger partial charge in [-0.1, -0.05) is 37.1 Å². The van der Waals surface area contributed by atoms with E-state index in [4.69, 9.17) is 0 Å². The van der Waals surface area contributed by atoms with Crippen LogP contribution in [-0.4, -0.2) is 11.6 Å². The van der Waals surface area contributed by atoms with Crippen LogP contribution in [0.2, 0.25) is 0 Å². The van der Waals surface area contributed by atoms with Crippen molar-refractivity contribution in [1.82, 2.24) is 0 Å². The van der Waals surface area contributed by atoms with Crippen molar-refractivity contribution < 1.29 is 9.59 Å². The van der Waals surface area contributed by atoms with Gasteiger partial charge in [0, 0.05) is 11.8 Å². The van der Waals surface area contributed by atoms with Gasteiger partial charge in [0.05, 0.1) is 0 Å². The first-order chi connectivity index (χ1) is 9.09. The topological polar surface area (TPSA) is 34.1 Å². The van der Waals surface area contributed by atoms with Gasteiger partial charge in [0.2, 0.25) is 0 Å². The molecule has 2 bridgehead atoms. The van der Waals surface area contributed by atoms with Crippen LogP contribution in [0, 0.1) is 35.5 Å². The molecule has 0 saturated carbocycles. The summed E-state index contributed by atoms with van der Waals surface area (Å²) in [5.74, 6) is 1.62. The maximum absolute atomic E-state index is 12.2. The molecule has 98 valence electrons. The molecule has 0 N–H and O–H groups in total. The Labute approximate surface area is 113 Å². The Hall–Kier alpha value is -1.44. The minimum Gasteiger partial charge on any atom is -0.294 e. The van der Waals surface area contributed by atoms with E-state index in [9.17, 15) is 9.59 Å². The number of rotatable bonds is 0. The normalized spacial score (nSPS) is 46.8. The molecule has 2 heteroatoms. The summed E-state index contributed by atoms with van der Waals surface area (Å²) in [5, 5.41) is 0. The molecular formula is C17H18O2. The molecule has 0 aliphatic heterocycles. The lowest BCUT2D eigenvalue weighted by Crippen LogP contribution is -2.45. The molecule has 19 heavy (non-hydrogen) atoms. The van der Waals surface area contributed by atoms with Crippen LogP contribution in [0.1, 0.15) is 20.3 Å². The number of hydrogen-bond donors (Lipinski definition) is 0. The van der Waals surface area contributed by atoms with E-state index in [0.29, 0.717) is 11.8 Å². The molecule has 4 aliphatic rings. The average Bonchev–Trinajstić information content (AvgIpc) is 2.99. The molecule has 4 rings (SSSR count). The zero-order chi connectivity index (χ0) is 13.3. The Morgan fingerprint density at radius 3 is 1.68 bits per heavy atom. The molecule has 0 radical (unpaired) electrons.